The highest BCUT2D eigenvalue weighted by atomic mass is 35.5. The first kappa shape index (κ1) is 22.4. The maximum absolute atomic E-state index is 13.3. The molecule has 0 unspecified atom stereocenters. The van der Waals surface area contributed by atoms with Gasteiger partial charge in [-0.2, -0.15) is 0 Å². The first-order valence-corrected chi connectivity index (χ1v) is 12.3. The number of hydrogen-bond donors (Lipinski definition) is 0. The minimum atomic E-state index is -4.02. The van der Waals surface area contributed by atoms with Crippen LogP contribution in [0.5, 0.6) is 0 Å². The van der Waals surface area contributed by atoms with Crippen LogP contribution < -0.4 is 4.90 Å². The third-order valence-corrected chi connectivity index (χ3v) is 7.53. The van der Waals surface area contributed by atoms with Gasteiger partial charge in [-0.1, -0.05) is 11.6 Å². The van der Waals surface area contributed by atoms with Gasteiger partial charge in [0.05, 0.1) is 22.8 Å². The Kier molecular flexibility index (Phi) is 6.26. The van der Waals surface area contributed by atoms with E-state index >= 15 is 0 Å². The monoisotopic (exact) mass is 474 g/mol. The number of nitrogens with zero attached hydrogens (tertiary/aromatic N) is 2. The van der Waals surface area contributed by atoms with Crippen molar-refractivity contribution in [2.75, 3.05) is 24.6 Å². The van der Waals surface area contributed by atoms with Crippen molar-refractivity contribution < 1.29 is 22.7 Å². The molecule has 7 nitrogen and oxygen atoms in total. The topological polar surface area (TPSA) is 84.0 Å². The fourth-order valence-electron chi connectivity index (χ4n) is 3.89. The number of piperidine rings is 1. The van der Waals surface area contributed by atoms with E-state index in [9.17, 15) is 18.0 Å². The smallest absolute Gasteiger partial charge is 0.338 e. The van der Waals surface area contributed by atoms with Crippen molar-refractivity contribution in [2.24, 2.45) is 0 Å². The summed E-state index contributed by atoms with van der Waals surface area (Å²) in [6.45, 7) is 3.06. The van der Waals surface area contributed by atoms with Crippen molar-refractivity contribution in [3.05, 3.63) is 64.2 Å². The highest BCUT2D eigenvalue weighted by Gasteiger charge is 2.38. The zero-order valence-corrected chi connectivity index (χ0v) is 19.2. The lowest BCUT2D eigenvalue weighted by molar-refractivity contribution is -0.127. The Hall–Kier alpha value is -2.84. The van der Waals surface area contributed by atoms with Crippen LogP contribution in [-0.2, 0) is 19.4 Å². The van der Waals surface area contributed by atoms with Crippen LogP contribution in [-0.4, -0.2) is 44.9 Å². The molecule has 0 N–H and O–H groups in total. The lowest BCUT2D eigenvalue weighted by atomic mass is 10.1. The fraction of sp³-hybridized carbons (Fsp3) is 0.304. The molecule has 0 atom stereocenters. The summed E-state index contributed by atoms with van der Waals surface area (Å²) in [5.41, 5.74) is 1.30. The van der Waals surface area contributed by atoms with Crippen LogP contribution in [0.3, 0.4) is 0 Å². The summed E-state index contributed by atoms with van der Waals surface area (Å²) in [5, 5.41) is 0.367. The highest BCUT2D eigenvalue weighted by molar-refractivity contribution is 7.96. The summed E-state index contributed by atoms with van der Waals surface area (Å²) in [4.78, 5) is 28.1. The molecule has 0 bridgehead atoms. The summed E-state index contributed by atoms with van der Waals surface area (Å²) in [5.74, 6) is -0.946. The van der Waals surface area contributed by atoms with Crippen molar-refractivity contribution in [3.8, 4) is 0 Å². The molecule has 32 heavy (non-hydrogen) atoms. The maximum Gasteiger partial charge on any atom is 0.338 e. The van der Waals surface area contributed by atoms with E-state index < -0.39 is 21.7 Å². The van der Waals surface area contributed by atoms with Gasteiger partial charge in [-0.15, -0.1) is 0 Å². The van der Waals surface area contributed by atoms with Gasteiger partial charge in [-0.05, 0) is 68.7 Å². The van der Waals surface area contributed by atoms with E-state index in [1.54, 1.807) is 47.1 Å². The molecule has 0 saturated carbocycles. The average Bonchev–Trinajstić information content (AvgIpc) is 2.79. The number of carbonyl (C=O) groups excluding carboxylic acids is 2. The Balaban J connectivity index is 1.80. The fourth-order valence-corrected chi connectivity index (χ4v) is 5.58. The Morgan fingerprint density at radius 2 is 1.72 bits per heavy atom. The molecule has 1 fully saturated rings. The first-order valence-electron chi connectivity index (χ1n) is 10.4. The maximum atomic E-state index is 13.3. The van der Waals surface area contributed by atoms with E-state index in [-0.39, 0.29) is 16.4 Å². The Morgan fingerprint density at radius 1 is 1.03 bits per heavy atom. The Labute approximate surface area is 192 Å². The van der Waals surface area contributed by atoms with Crippen LogP contribution in [0.25, 0.3) is 0 Å². The molecule has 0 radical (unpaired) electrons. The molecule has 0 aromatic heterocycles. The summed E-state index contributed by atoms with van der Waals surface area (Å²) < 4.78 is 31.7. The Morgan fingerprint density at radius 3 is 2.38 bits per heavy atom. The molecule has 1 saturated heterocycles. The standard InChI is InChI=1S/C23H23ClN2O5S/c1-2-31-23(28)16-6-9-18(10-7-16)26-15-21(22(27)25-12-4-3-5-13-25)32(29,30)20-11-8-17(24)14-19(20)26/h6-11,14-15H,2-5,12-13H2,1H3. The number of fused-ring (bicyclic) bond motifs is 1. The molecule has 2 heterocycles. The third kappa shape index (κ3) is 4.12. The van der Waals surface area contributed by atoms with E-state index in [0.717, 1.165) is 19.3 Å². The SMILES string of the molecule is CCOC(=O)c1ccc(N2C=C(C(=O)N3CCCCC3)S(=O)(=O)c3ccc(Cl)cc32)cc1. The van der Waals surface area contributed by atoms with E-state index in [4.69, 9.17) is 16.3 Å². The minimum absolute atomic E-state index is 0.0132. The summed E-state index contributed by atoms with van der Waals surface area (Å²) >= 11 is 6.17. The van der Waals surface area contributed by atoms with E-state index in [1.807, 2.05) is 0 Å². The molecule has 9 heteroatoms. The normalized spacial score (nSPS) is 17.4. The minimum Gasteiger partial charge on any atom is -0.462 e. The summed E-state index contributed by atoms with van der Waals surface area (Å²) in [6.07, 6.45) is 4.08. The van der Waals surface area contributed by atoms with Crippen LogP contribution in [0.4, 0.5) is 11.4 Å². The van der Waals surface area contributed by atoms with Gasteiger partial charge in [0.1, 0.15) is 0 Å². The van der Waals surface area contributed by atoms with Crippen LogP contribution >= 0.6 is 11.6 Å². The lowest BCUT2D eigenvalue weighted by Crippen LogP contribution is -2.39. The quantitative estimate of drug-likeness (QED) is 0.614. The number of anilines is 2. The second-order valence-corrected chi connectivity index (χ2v) is 9.92. The molecular formula is C23H23ClN2O5S. The van der Waals surface area contributed by atoms with Gasteiger partial charge in [0.2, 0.25) is 9.84 Å². The molecule has 2 aliphatic rings. The predicted octanol–water partition coefficient (Wildman–Crippen LogP) is 4.30. The molecule has 2 aromatic carbocycles. The summed E-state index contributed by atoms with van der Waals surface area (Å²) in [6, 6.07) is 11.0. The molecule has 2 aliphatic heterocycles. The lowest BCUT2D eigenvalue weighted by Gasteiger charge is -2.32. The van der Waals surface area contributed by atoms with E-state index in [0.29, 0.717) is 35.1 Å². The number of hydrogen-bond acceptors (Lipinski definition) is 6. The molecule has 4 rings (SSSR count). The van der Waals surface area contributed by atoms with Crippen molar-refractivity contribution in [1.29, 1.82) is 0 Å². The molecule has 2 aromatic rings. The van der Waals surface area contributed by atoms with Gasteiger partial charge in [-0.3, -0.25) is 4.79 Å². The number of halogens is 1. The zero-order valence-electron chi connectivity index (χ0n) is 17.6. The van der Waals surface area contributed by atoms with Gasteiger partial charge in [0, 0.05) is 30.0 Å². The van der Waals surface area contributed by atoms with Gasteiger partial charge in [0.15, 0.2) is 4.91 Å². The van der Waals surface area contributed by atoms with Crippen molar-refractivity contribution in [2.45, 2.75) is 31.1 Å². The first-order chi connectivity index (χ1) is 15.3. The number of sulfone groups is 1. The largest absolute Gasteiger partial charge is 0.462 e. The number of benzene rings is 2. The van der Waals surface area contributed by atoms with Crippen molar-refractivity contribution in [1.82, 2.24) is 4.90 Å². The molecule has 0 spiro atoms. The van der Waals surface area contributed by atoms with Gasteiger partial charge < -0.3 is 14.5 Å². The highest BCUT2D eigenvalue weighted by Crippen LogP contribution is 2.41. The van der Waals surface area contributed by atoms with Crippen molar-refractivity contribution in [3.63, 3.8) is 0 Å². The van der Waals surface area contributed by atoms with Crippen LogP contribution in [0.2, 0.25) is 5.02 Å². The zero-order chi connectivity index (χ0) is 22.9. The van der Waals surface area contributed by atoms with Crippen LogP contribution in [0.15, 0.2) is 58.5 Å². The summed E-state index contributed by atoms with van der Waals surface area (Å²) in [7, 11) is -4.02. The van der Waals surface area contributed by atoms with E-state index in [1.165, 1.54) is 18.3 Å². The number of ether oxygens (including phenoxy) is 1. The van der Waals surface area contributed by atoms with Crippen LogP contribution in [0, 0.1) is 0 Å². The van der Waals surface area contributed by atoms with E-state index in [2.05, 4.69) is 0 Å². The number of esters is 1. The number of carbonyl (C=O) groups is 2. The van der Waals surface area contributed by atoms with Crippen LogP contribution in [0.1, 0.15) is 36.5 Å². The third-order valence-electron chi connectivity index (χ3n) is 5.52. The van der Waals surface area contributed by atoms with Crippen molar-refractivity contribution >= 4 is 44.7 Å². The van der Waals surface area contributed by atoms with Gasteiger partial charge in [-0.25, -0.2) is 13.2 Å². The number of rotatable bonds is 4. The predicted molar refractivity (Wildman–Crippen MR) is 122 cm³/mol. The van der Waals surface area contributed by atoms with Gasteiger partial charge >= 0.3 is 5.97 Å². The molecule has 0 aliphatic carbocycles. The second kappa shape index (κ2) is 8.96. The average molecular weight is 475 g/mol. The molecule has 168 valence electrons. The molecule has 1 amide bonds. The second-order valence-electron chi connectivity index (χ2n) is 7.60. The molecular weight excluding hydrogens is 452 g/mol. The Bertz CT molecular complexity index is 1190. The number of likely N-dealkylation sites (tertiary alicyclic amines) is 1. The number of amides is 1. The van der Waals surface area contributed by atoms with Gasteiger partial charge in [0.25, 0.3) is 5.91 Å².